The van der Waals surface area contributed by atoms with Crippen molar-refractivity contribution in [1.82, 2.24) is 5.43 Å². The van der Waals surface area contributed by atoms with Gasteiger partial charge in [-0.2, -0.15) is 5.10 Å². The lowest BCUT2D eigenvalue weighted by atomic mass is 10.1. The molecule has 0 aliphatic carbocycles. The Labute approximate surface area is 118 Å². The molecule has 0 saturated heterocycles. The van der Waals surface area contributed by atoms with Crippen LogP contribution in [0.25, 0.3) is 0 Å². The summed E-state index contributed by atoms with van der Waals surface area (Å²) in [6.07, 6.45) is 1.60. The number of carbonyl (C=O) groups is 1. The van der Waals surface area contributed by atoms with E-state index in [1.54, 1.807) is 6.21 Å². The monoisotopic (exact) mass is 267 g/mol. The van der Waals surface area contributed by atoms with E-state index in [2.05, 4.69) is 15.8 Å². The van der Waals surface area contributed by atoms with Gasteiger partial charge in [0.1, 0.15) is 0 Å². The largest absolute Gasteiger partial charge is 0.339 e. The van der Waals surface area contributed by atoms with Gasteiger partial charge in [0.25, 0.3) is 0 Å². The van der Waals surface area contributed by atoms with Crippen LogP contribution in [0.1, 0.15) is 16.7 Å². The fourth-order valence-corrected chi connectivity index (χ4v) is 1.86. The second-order valence-corrected chi connectivity index (χ2v) is 4.50. The summed E-state index contributed by atoms with van der Waals surface area (Å²) in [7, 11) is 0. The number of hydrazone groups is 1. The molecule has 0 aliphatic heterocycles. The summed E-state index contributed by atoms with van der Waals surface area (Å²) in [6.45, 7) is 3.91. The number of amides is 2. The Bertz CT molecular complexity index is 601. The lowest BCUT2D eigenvalue weighted by molar-refractivity contribution is 0.252. The Morgan fingerprint density at radius 3 is 2.30 bits per heavy atom. The highest BCUT2D eigenvalue weighted by molar-refractivity contribution is 5.91. The van der Waals surface area contributed by atoms with Crippen LogP contribution in [0.15, 0.2) is 53.6 Å². The predicted molar refractivity (Wildman–Crippen MR) is 82.1 cm³/mol. The van der Waals surface area contributed by atoms with Gasteiger partial charge in [-0.3, -0.25) is 0 Å². The molecular formula is C16H17N3O. The molecule has 0 atom stereocenters. The van der Waals surface area contributed by atoms with Crippen molar-refractivity contribution in [2.45, 2.75) is 13.8 Å². The molecular weight excluding hydrogens is 250 g/mol. The first-order valence-corrected chi connectivity index (χ1v) is 6.38. The van der Waals surface area contributed by atoms with Crippen LogP contribution < -0.4 is 10.7 Å². The van der Waals surface area contributed by atoms with Crippen LogP contribution in [-0.4, -0.2) is 12.2 Å². The SMILES string of the molecule is Cc1cccc(C)c1NC(=O)NN=Cc1ccccc1. The van der Waals surface area contributed by atoms with Gasteiger partial charge in [-0.1, -0.05) is 48.5 Å². The minimum absolute atomic E-state index is 0.352. The standard InChI is InChI=1S/C16H17N3O/c1-12-7-6-8-13(2)15(12)18-16(20)19-17-11-14-9-4-3-5-10-14/h3-11H,1-2H3,(H2,18,19,20). The van der Waals surface area contributed by atoms with Crippen LogP contribution in [0.4, 0.5) is 10.5 Å². The second-order valence-electron chi connectivity index (χ2n) is 4.50. The van der Waals surface area contributed by atoms with Gasteiger partial charge in [-0.15, -0.1) is 0 Å². The van der Waals surface area contributed by atoms with Crippen molar-refractivity contribution in [2.24, 2.45) is 5.10 Å². The number of nitrogens with one attached hydrogen (secondary N) is 2. The van der Waals surface area contributed by atoms with Crippen molar-refractivity contribution in [1.29, 1.82) is 0 Å². The summed E-state index contributed by atoms with van der Waals surface area (Å²) in [5.74, 6) is 0. The topological polar surface area (TPSA) is 53.5 Å². The summed E-state index contributed by atoms with van der Waals surface area (Å²) in [5, 5.41) is 6.71. The molecule has 2 rings (SSSR count). The summed E-state index contributed by atoms with van der Waals surface area (Å²) < 4.78 is 0. The molecule has 102 valence electrons. The predicted octanol–water partition coefficient (Wildman–Crippen LogP) is 3.46. The van der Waals surface area contributed by atoms with Crippen molar-refractivity contribution < 1.29 is 4.79 Å². The number of nitrogens with zero attached hydrogens (tertiary/aromatic N) is 1. The minimum Gasteiger partial charge on any atom is -0.306 e. The highest BCUT2D eigenvalue weighted by Gasteiger charge is 2.05. The minimum atomic E-state index is -0.352. The van der Waals surface area contributed by atoms with Crippen molar-refractivity contribution in [3.8, 4) is 0 Å². The number of carbonyl (C=O) groups excluding carboxylic acids is 1. The fraction of sp³-hybridized carbons (Fsp3) is 0.125. The van der Waals surface area contributed by atoms with Crippen molar-refractivity contribution in [3.63, 3.8) is 0 Å². The zero-order valence-electron chi connectivity index (χ0n) is 11.6. The number of aryl methyl sites for hydroxylation is 2. The van der Waals surface area contributed by atoms with Gasteiger partial charge in [-0.05, 0) is 30.5 Å². The van der Waals surface area contributed by atoms with Gasteiger partial charge < -0.3 is 5.32 Å². The van der Waals surface area contributed by atoms with E-state index in [9.17, 15) is 4.79 Å². The third-order valence-electron chi connectivity index (χ3n) is 2.90. The fourth-order valence-electron chi connectivity index (χ4n) is 1.86. The molecule has 0 bridgehead atoms. The molecule has 0 saturated carbocycles. The van der Waals surface area contributed by atoms with E-state index in [-0.39, 0.29) is 6.03 Å². The molecule has 0 fully saturated rings. The molecule has 2 N–H and O–H groups in total. The van der Waals surface area contributed by atoms with E-state index in [1.165, 1.54) is 0 Å². The molecule has 2 aromatic rings. The number of rotatable bonds is 3. The van der Waals surface area contributed by atoms with E-state index >= 15 is 0 Å². The van der Waals surface area contributed by atoms with Gasteiger partial charge in [-0.25, -0.2) is 10.2 Å². The molecule has 4 nitrogen and oxygen atoms in total. The van der Waals surface area contributed by atoms with Gasteiger partial charge >= 0.3 is 6.03 Å². The first kappa shape index (κ1) is 13.8. The van der Waals surface area contributed by atoms with Crippen molar-refractivity contribution in [3.05, 3.63) is 65.2 Å². The number of benzene rings is 2. The molecule has 0 aromatic heterocycles. The molecule has 0 heterocycles. The Balaban J connectivity index is 1.95. The summed E-state index contributed by atoms with van der Waals surface area (Å²) in [6, 6.07) is 15.1. The van der Waals surface area contributed by atoms with Crippen LogP contribution in [0.2, 0.25) is 0 Å². The maximum Gasteiger partial charge on any atom is 0.339 e. The average molecular weight is 267 g/mol. The van der Waals surface area contributed by atoms with E-state index in [0.717, 1.165) is 22.4 Å². The van der Waals surface area contributed by atoms with E-state index < -0.39 is 0 Å². The first-order valence-electron chi connectivity index (χ1n) is 6.38. The zero-order valence-corrected chi connectivity index (χ0v) is 11.6. The van der Waals surface area contributed by atoms with Crippen molar-refractivity contribution in [2.75, 3.05) is 5.32 Å². The van der Waals surface area contributed by atoms with E-state index in [1.807, 2.05) is 62.4 Å². The van der Waals surface area contributed by atoms with Gasteiger partial charge in [0.2, 0.25) is 0 Å². The summed E-state index contributed by atoms with van der Waals surface area (Å²) in [4.78, 5) is 11.8. The highest BCUT2D eigenvalue weighted by atomic mass is 16.2. The molecule has 0 spiro atoms. The number of hydrogen-bond donors (Lipinski definition) is 2. The molecule has 0 radical (unpaired) electrons. The van der Waals surface area contributed by atoms with Crippen LogP contribution in [0.3, 0.4) is 0 Å². The Kier molecular flexibility index (Phi) is 4.50. The molecule has 4 heteroatoms. The highest BCUT2D eigenvalue weighted by Crippen LogP contribution is 2.18. The molecule has 2 amide bonds. The third-order valence-corrected chi connectivity index (χ3v) is 2.90. The number of hydrogen-bond acceptors (Lipinski definition) is 2. The van der Waals surface area contributed by atoms with E-state index in [4.69, 9.17) is 0 Å². The zero-order chi connectivity index (χ0) is 14.4. The van der Waals surface area contributed by atoms with Crippen molar-refractivity contribution >= 4 is 17.9 Å². The van der Waals surface area contributed by atoms with Gasteiger partial charge in [0, 0.05) is 5.69 Å². The van der Waals surface area contributed by atoms with E-state index in [0.29, 0.717) is 0 Å². The third kappa shape index (κ3) is 3.68. The maximum absolute atomic E-state index is 11.8. The Morgan fingerprint density at radius 2 is 1.65 bits per heavy atom. The lowest BCUT2D eigenvalue weighted by Gasteiger charge is -2.10. The Morgan fingerprint density at radius 1 is 1.00 bits per heavy atom. The molecule has 20 heavy (non-hydrogen) atoms. The van der Waals surface area contributed by atoms with Crippen LogP contribution in [0.5, 0.6) is 0 Å². The lowest BCUT2D eigenvalue weighted by Crippen LogP contribution is -2.25. The smallest absolute Gasteiger partial charge is 0.306 e. The van der Waals surface area contributed by atoms with Crippen LogP contribution >= 0.6 is 0 Å². The molecule has 2 aromatic carbocycles. The number of anilines is 1. The quantitative estimate of drug-likeness (QED) is 0.649. The first-order chi connectivity index (χ1) is 9.66. The molecule has 0 aliphatic rings. The number of para-hydroxylation sites is 1. The average Bonchev–Trinajstić information content (AvgIpc) is 2.44. The second kappa shape index (κ2) is 6.52. The maximum atomic E-state index is 11.8. The Hall–Kier alpha value is -2.62. The summed E-state index contributed by atoms with van der Waals surface area (Å²) in [5.41, 5.74) is 6.24. The normalized spacial score (nSPS) is 10.5. The molecule has 0 unspecified atom stereocenters. The van der Waals surface area contributed by atoms with Crippen LogP contribution in [-0.2, 0) is 0 Å². The van der Waals surface area contributed by atoms with Crippen LogP contribution in [0, 0.1) is 13.8 Å². The van der Waals surface area contributed by atoms with Gasteiger partial charge in [0.15, 0.2) is 0 Å². The number of urea groups is 1. The summed E-state index contributed by atoms with van der Waals surface area (Å²) >= 11 is 0. The van der Waals surface area contributed by atoms with Gasteiger partial charge in [0.05, 0.1) is 6.21 Å².